The Morgan fingerprint density at radius 1 is 1.37 bits per heavy atom. The van der Waals surface area contributed by atoms with Crippen molar-refractivity contribution in [2.75, 3.05) is 23.9 Å². The molecule has 0 bridgehead atoms. The van der Waals surface area contributed by atoms with Gasteiger partial charge in [-0.15, -0.1) is 5.10 Å². The quantitative estimate of drug-likeness (QED) is 0.385. The van der Waals surface area contributed by atoms with E-state index in [0.717, 1.165) is 16.5 Å². The number of H-pyrrole nitrogens is 1. The fourth-order valence-corrected chi connectivity index (χ4v) is 4.50. The summed E-state index contributed by atoms with van der Waals surface area (Å²) in [6, 6.07) is 4.25. The predicted molar refractivity (Wildman–Crippen MR) is 127 cm³/mol. The van der Waals surface area contributed by atoms with Gasteiger partial charge < -0.3 is 25.7 Å². The lowest BCUT2D eigenvalue weighted by molar-refractivity contribution is -0.119. The first-order valence-electron chi connectivity index (χ1n) is 10.9. The minimum Gasteiger partial charge on any atom is -0.478 e. The smallest absolute Gasteiger partial charge is 0.267 e. The number of halogens is 2. The predicted octanol–water partition coefficient (Wildman–Crippen LogP) is 3.12. The number of hydrogen-bond acceptors (Lipinski definition) is 7. The Morgan fingerprint density at radius 3 is 2.91 bits per heavy atom. The maximum Gasteiger partial charge on any atom is 0.267 e. The molecule has 12 heteroatoms. The van der Waals surface area contributed by atoms with Crippen LogP contribution in [0, 0.1) is 6.92 Å². The summed E-state index contributed by atoms with van der Waals surface area (Å²) in [5.41, 5.74) is 9.41. The number of nitrogens with one attached hydrogen (secondary N) is 2. The monoisotopic (exact) mass is 482 g/mol. The zero-order chi connectivity index (χ0) is 24.9. The summed E-state index contributed by atoms with van der Waals surface area (Å²) in [6.07, 6.45) is 4.61. The molecule has 4 aromatic rings. The molecule has 0 saturated carbocycles. The maximum atomic E-state index is 14.2. The van der Waals surface area contributed by atoms with Gasteiger partial charge >= 0.3 is 0 Å². The molecular weight excluding hydrogens is 458 g/mol. The van der Waals surface area contributed by atoms with Crippen LogP contribution in [0.25, 0.3) is 22.2 Å². The van der Waals surface area contributed by atoms with Gasteiger partial charge in [-0.05, 0) is 18.6 Å². The fraction of sp³-hybridized carbons (Fsp3) is 0.304. The Hall–Kier alpha value is -4.22. The number of fused-ring (bicyclic) bond motifs is 1. The van der Waals surface area contributed by atoms with Gasteiger partial charge in [0.05, 0.1) is 36.7 Å². The number of aromatic amines is 1. The molecule has 5 rings (SSSR count). The van der Waals surface area contributed by atoms with E-state index in [9.17, 15) is 13.6 Å². The van der Waals surface area contributed by atoms with Gasteiger partial charge in [-0.3, -0.25) is 9.48 Å². The largest absolute Gasteiger partial charge is 0.478 e. The molecule has 1 saturated heterocycles. The first-order valence-corrected chi connectivity index (χ1v) is 10.9. The molecule has 3 aromatic heterocycles. The van der Waals surface area contributed by atoms with Crippen LogP contribution in [0.4, 0.5) is 26.1 Å². The number of nitrogens with zero attached hydrogens (tertiary/aromatic N) is 5. The van der Waals surface area contributed by atoms with Crippen LogP contribution in [0.5, 0.6) is 5.88 Å². The summed E-state index contributed by atoms with van der Waals surface area (Å²) in [6.45, 7) is 1.30. The number of primary amides is 1. The van der Waals surface area contributed by atoms with Gasteiger partial charge in [0.25, 0.3) is 11.8 Å². The normalized spacial score (nSPS) is 17.2. The number of ether oxygens (including phenoxy) is 1. The Labute approximate surface area is 199 Å². The molecule has 1 aliphatic rings. The fourth-order valence-electron chi connectivity index (χ4n) is 4.50. The second-order valence-corrected chi connectivity index (χ2v) is 8.58. The summed E-state index contributed by atoms with van der Waals surface area (Å²) in [5, 5.41) is 8.11. The van der Waals surface area contributed by atoms with Crippen LogP contribution in [-0.2, 0) is 11.8 Å². The van der Waals surface area contributed by atoms with Gasteiger partial charge in [0, 0.05) is 36.8 Å². The summed E-state index contributed by atoms with van der Waals surface area (Å²) < 4.78 is 35.3. The number of anilines is 3. The van der Waals surface area contributed by atoms with Gasteiger partial charge in [-0.1, -0.05) is 12.1 Å². The first kappa shape index (κ1) is 22.6. The van der Waals surface area contributed by atoms with Gasteiger partial charge in [0.15, 0.2) is 0 Å². The number of methoxy groups -OCH3 is 1. The number of aryl methyl sites for hydroxylation is 2. The highest BCUT2D eigenvalue weighted by Crippen LogP contribution is 2.40. The summed E-state index contributed by atoms with van der Waals surface area (Å²) in [4.78, 5) is 25.5. The highest BCUT2D eigenvalue weighted by Gasteiger charge is 2.48. The van der Waals surface area contributed by atoms with Crippen LogP contribution >= 0.6 is 0 Å². The van der Waals surface area contributed by atoms with E-state index in [4.69, 9.17) is 15.5 Å². The topological polar surface area (TPSA) is 127 Å². The van der Waals surface area contributed by atoms with Crippen LogP contribution in [0.15, 0.2) is 36.8 Å². The molecule has 1 amide bonds. The molecule has 10 nitrogen and oxygen atoms in total. The third kappa shape index (κ3) is 4.00. The van der Waals surface area contributed by atoms with Crippen molar-refractivity contribution in [3.63, 3.8) is 0 Å². The van der Waals surface area contributed by atoms with E-state index < -0.39 is 30.8 Å². The maximum absolute atomic E-state index is 14.2. The van der Waals surface area contributed by atoms with Crippen molar-refractivity contribution in [1.29, 1.82) is 0 Å². The number of rotatable bonds is 6. The molecule has 0 spiro atoms. The molecule has 1 fully saturated rings. The van der Waals surface area contributed by atoms with E-state index in [2.05, 4.69) is 20.4 Å². The van der Waals surface area contributed by atoms with E-state index in [0.29, 0.717) is 34.4 Å². The van der Waals surface area contributed by atoms with Gasteiger partial charge in [-0.25, -0.2) is 18.7 Å². The molecule has 35 heavy (non-hydrogen) atoms. The number of nitrogens with two attached hydrogens (primary N) is 1. The SMILES string of the molecule is COc1nn(C)cc1Nc1ncc(C)c(-c2c[nH]c3c(N4CC(F)(F)CC4C(N)=O)cccc23)n1. The highest BCUT2D eigenvalue weighted by molar-refractivity contribution is 6.02. The van der Waals surface area contributed by atoms with Gasteiger partial charge in [-0.2, -0.15) is 0 Å². The molecule has 4 heterocycles. The van der Waals surface area contributed by atoms with Crippen molar-refractivity contribution < 1.29 is 18.3 Å². The summed E-state index contributed by atoms with van der Waals surface area (Å²) in [5.74, 6) is -3.04. The third-order valence-corrected chi connectivity index (χ3v) is 6.06. The Morgan fingerprint density at radius 2 is 2.17 bits per heavy atom. The number of para-hydroxylation sites is 1. The second kappa shape index (κ2) is 8.22. The molecule has 4 N–H and O–H groups in total. The van der Waals surface area contributed by atoms with E-state index >= 15 is 0 Å². The minimum absolute atomic E-state index is 0.343. The lowest BCUT2D eigenvalue weighted by Crippen LogP contribution is -2.40. The van der Waals surface area contributed by atoms with E-state index in [1.165, 1.54) is 12.0 Å². The van der Waals surface area contributed by atoms with Gasteiger partial charge in [0.2, 0.25) is 11.9 Å². The molecule has 0 radical (unpaired) electrons. The Bertz CT molecular complexity index is 1430. The van der Waals surface area contributed by atoms with Crippen molar-refractivity contribution in [2.24, 2.45) is 12.8 Å². The average molecular weight is 482 g/mol. The molecule has 1 atom stereocenters. The van der Waals surface area contributed by atoms with Crippen LogP contribution < -0.4 is 20.7 Å². The lowest BCUT2D eigenvalue weighted by atomic mass is 10.1. The second-order valence-electron chi connectivity index (χ2n) is 8.58. The standard InChI is InChI=1S/C23H24F2N8O2/c1-12-8-28-22(29-15-10-32(2)31-21(15)35-3)30-18(12)14-9-27-19-13(14)5-4-6-16(19)33-11-23(24,25)7-17(33)20(26)34/h4-6,8-10,17,27H,7,11H2,1-3H3,(H2,26,34)(H,28,29,30). The van der Waals surface area contributed by atoms with Crippen molar-refractivity contribution in [1.82, 2.24) is 24.7 Å². The number of aromatic nitrogens is 5. The van der Waals surface area contributed by atoms with Crippen LogP contribution in [0.1, 0.15) is 12.0 Å². The molecule has 182 valence electrons. The lowest BCUT2D eigenvalue weighted by Gasteiger charge is -2.24. The first-order chi connectivity index (χ1) is 16.7. The van der Waals surface area contributed by atoms with E-state index in [-0.39, 0.29) is 0 Å². The molecule has 1 aromatic carbocycles. The Balaban J connectivity index is 1.55. The number of benzene rings is 1. The zero-order valence-electron chi connectivity index (χ0n) is 19.3. The Kier molecular flexibility index (Phi) is 5.30. The minimum atomic E-state index is -3.01. The number of amides is 1. The third-order valence-electron chi connectivity index (χ3n) is 6.06. The number of hydrogen-bond donors (Lipinski definition) is 3. The summed E-state index contributed by atoms with van der Waals surface area (Å²) in [7, 11) is 3.30. The highest BCUT2D eigenvalue weighted by atomic mass is 19.3. The van der Waals surface area contributed by atoms with Crippen molar-refractivity contribution in [3.8, 4) is 17.1 Å². The summed E-state index contributed by atoms with van der Waals surface area (Å²) >= 11 is 0. The van der Waals surface area contributed by atoms with Crippen molar-refractivity contribution >= 4 is 34.1 Å². The number of carbonyl (C=O) groups excluding carboxylic acids is 1. The van der Waals surface area contributed by atoms with E-state index in [1.54, 1.807) is 42.5 Å². The molecule has 1 aliphatic heterocycles. The van der Waals surface area contributed by atoms with Crippen LogP contribution in [0.2, 0.25) is 0 Å². The van der Waals surface area contributed by atoms with Crippen molar-refractivity contribution in [3.05, 3.63) is 42.4 Å². The molecule has 0 aliphatic carbocycles. The molecule has 1 unspecified atom stereocenters. The number of carbonyl (C=O) groups is 1. The van der Waals surface area contributed by atoms with E-state index in [1.807, 2.05) is 13.0 Å². The molecular formula is C23H24F2N8O2. The zero-order valence-corrected chi connectivity index (χ0v) is 19.3. The van der Waals surface area contributed by atoms with Crippen LogP contribution in [0.3, 0.4) is 0 Å². The van der Waals surface area contributed by atoms with Gasteiger partial charge in [0.1, 0.15) is 11.7 Å². The number of alkyl halides is 2. The van der Waals surface area contributed by atoms with Crippen LogP contribution in [-0.4, -0.2) is 56.3 Å². The average Bonchev–Trinajstić information content (AvgIpc) is 3.49. The van der Waals surface area contributed by atoms with Crippen molar-refractivity contribution in [2.45, 2.75) is 25.3 Å².